The van der Waals surface area contributed by atoms with Gasteiger partial charge in [0, 0.05) is 12.7 Å². The van der Waals surface area contributed by atoms with Crippen molar-refractivity contribution in [2.24, 2.45) is 0 Å². The zero-order chi connectivity index (χ0) is 13.1. The van der Waals surface area contributed by atoms with Crippen LogP contribution in [0.25, 0.3) is 0 Å². The molecule has 0 bridgehead atoms. The summed E-state index contributed by atoms with van der Waals surface area (Å²) in [5.41, 5.74) is 0.708. The molecule has 7 heteroatoms. The lowest BCUT2D eigenvalue weighted by atomic mass is 10.1. The second-order valence-corrected chi connectivity index (χ2v) is 7.31. The quantitative estimate of drug-likeness (QED) is 0.739. The smallest absolute Gasteiger partial charge is 0.176 e. The lowest BCUT2D eigenvalue weighted by molar-refractivity contribution is 0.0984. The first-order valence-electron chi connectivity index (χ1n) is 5.34. The summed E-state index contributed by atoms with van der Waals surface area (Å²) in [5, 5.41) is 3.92. The molecular weight excluding hydrogens is 260 g/mol. The van der Waals surface area contributed by atoms with Crippen LogP contribution < -0.4 is 0 Å². The lowest BCUT2D eigenvalue weighted by Gasteiger charge is -2.02. The number of Topliss-reactive ketones (excluding diaryl/α,β-unsaturated/α-hetero) is 1. The van der Waals surface area contributed by atoms with Crippen LogP contribution >= 0.6 is 11.5 Å². The number of ketones is 1. The topological polar surface area (TPSA) is 77.0 Å². The first-order chi connectivity index (χ1) is 7.81. The minimum atomic E-state index is -3.00. The van der Waals surface area contributed by atoms with Crippen molar-refractivity contribution in [3.05, 3.63) is 10.6 Å². The van der Waals surface area contributed by atoms with E-state index in [9.17, 15) is 13.2 Å². The standard InChI is InChI=1S/C10H16N2O3S2/c1-7(2)9-10(16-12-11-9)8(13)5-4-6-17(3,14)15/h7H,4-6H2,1-3H3. The van der Waals surface area contributed by atoms with Gasteiger partial charge in [-0.25, -0.2) is 8.42 Å². The summed E-state index contributed by atoms with van der Waals surface area (Å²) in [5.74, 6) is 0.136. The summed E-state index contributed by atoms with van der Waals surface area (Å²) in [7, 11) is -3.00. The van der Waals surface area contributed by atoms with Crippen LogP contribution in [0.5, 0.6) is 0 Å². The SMILES string of the molecule is CC(C)c1nnsc1C(=O)CCCS(C)(=O)=O. The number of aromatic nitrogens is 2. The van der Waals surface area contributed by atoms with Gasteiger partial charge in [-0.3, -0.25) is 4.79 Å². The van der Waals surface area contributed by atoms with Crippen LogP contribution in [-0.4, -0.2) is 35.8 Å². The fourth-order valence-electron chi connectivity index (χ4n) is 1.38. The molecule has 1 aromatic rings. The fourth-order valence-corrected chi connectivity index (χ4v) is 2.83. The van der Waals surface area contributed by atoms with Crippen molar-refractivity contribution in [1.29, 1.82) is 0 Å². The van der Waals surface area contributed by atoms with Crippen molar-refractivity contribution in [1.82, 2.24) is 9.59 Å². The van der Waals surface area contributed by atoms with E-state index in [0.717, 1.165) is 11.5 Å². The maximum atomic E-state index is 11.9. The van der Waals surface area contributed by atoms with E-state index < -0.39 is 9.84 Å². The Balaban J connectivity index is 2.62. The van der Waals surface area contributed by atoms with Gasteiger partial charge in [0.05, 0.1) is 11.4 Å². The Kier molecular flexibility index (Phi) is 4.76. The average molecular weight is 276 g/mol. The molecule has 0 amide bonds. The molecule has 0 aliphatic rings. The Hall–Kier alpha value is -0.820. The van der Waals surface area contributed by atoms with Gasteiger partial charge >= 0.3 is 0 Å². The van der Waals surface area contributed by atoms with E-state index in [0.29, 0.717) is 17.0 Å². The molecule has 0 unspecified atom stereocenters. The average Bonchev–Trinajstić information content (AvgIpc) is 2.63. The van der Waals surface area contributed by atoms with Gasteiger partial charge in [0.2, 0.25) is 0 Å². The molecule has 0 aliphatic carbocycles. The molecule has 96 valence electrons. The third-order valence-electron chi connectivity index (χ3n) is 2.23. The number of carbonyl (C=O) groups is 1. The fraction of sp³-hybridized carbons (Fsp3) is 0.700. The molecule has 0 fully saturated rings. The van der Waals surface area contributed by atoms with Crippen molar-refractivity contribution < 1.29 is 13.2 Å². The largest absolute Gasteiger partial charge is 0.293 e. The van der Waals surface area contributed by atoms with E-state index in [-0.39, 0.29) is 23.9 Å². The molecule has 1 aromatic heterocycles. The molecule has 0 aliphatic heterocycles. The zero-order valence-electron chi connectivity index (χ0n) is 10.1. The highest BCUT2D eigenvalue weighted by Crippen LogP contribution is 2.21. The Morgan fingerprint density at radius 1 is 1.41 bits per heavy atom. The molecule has 0 radical (unpaired) electrons. The van der Waals surface area contributed by atoms with E-state index in [4.69, 9.17) is 0 Å². The monoisotopic (exact) mass is 276 g/mol. The Morgan fingerprint density at radius 2 is 2.06 bits per heavy atom. The predicted octanol–water partition coefficient (Wildman–Crippen LogP) is 1.67. The van der Waals surface area contributed by atoms with Gasteiger partial charge < -0.3 is 0 Å². The molecular formula is C10H16N2O3S2. The molecule has 0 saturated carbocycles. The van der Waals surface area contributed by atoms with Crippen LogP contribution in [-0.2, 0) is 9.84 Å². The van der Waals surface area contributed by atoms with Gasteiger partial charge in [-0.1, -0.05) is 18.3 Å². The number of nitrogens with zero attached hydrogens (tertiary/aromatic N) is 2. The van der Waals surface area contributed by atoms with E-state index in [2.05, 4.69) is 9.59 Å². The van der Waals surface area contributed by atoms with Crippen LogP contribution in [0, 0.1) is 0 Å². The number of carbonyl (C=O) groups excluding carboxylic acids is 1. The van der Waals surface area contributed by atoms with E-state index in [1.165, 1.54) is 6.26 Å². The number of hydrogen-bond acceptors (Lipinski definition) is 6. The minimum absolute atomic E-state index is 0.0436. The number of rotatable bonds is 6. The third-order valence-corrected chi connectivity index (χ3v) is 4.05. The highest BCUT2D eigenvalue weighted by Gasteiger charge is 2.18. The summed E-state index contributed by atoms with van der Waals surface area (Å²) in [6.07, 6.45) is 1.76. The summed E-state index contributed by atoms with van der Waals surface area (Å²) in [6, 6.07) is 0. The molecule has 0 saturated heterocycles. The van der Waals surface area contributed by atoms with Crippen LogP contribution in [0.2, 0.25) is 0 Å². The molecule has 0 aromatic carbocycles. The van der Waals surface area contributed by atoms with Crippen molar-refractivity contribution >= 4 is 27.2 Å². The van der Waals surface area contributed by atoms with Crippen LogP contribution in [0.15, 0.2) is 0 Å². The molecule has 0 N–H and O–H groups in total. The van der Waals surface area contributed by atoms with Crippen LogP contribution in [0.3, 0.4) is 0 Å². The van der Waals surface area contributed by atoms with E-state index >= 15 is 0 Å². The summed E-state index contributed by atoms with van der Waals surface area (Å²) < 4.78 is 25.7. The molecule has 0 atom stereocenters. The third kappa shape index (κ3) is 4.51. The number of hydrogen-bond donors (Lipinski definition) is 0. The molecule has 5 nitrogen and oxygen atoms in total. The maximum absolute atomic E-state index is 11.9. The number of sulfone groups is 1. The minimum Gasteiger partial charge on any atom is -0.293 e. The first-order valence-corrected chi connectivity index (χ1v) is 8.18. The van der Waals surface area contributed by atoms with Crippen molar-refractivity contribution in [3.8, 4) is 0 Å². The second kappa shape index (κ2) is 5.68. The predicted molar refractivity (Wildman–Crippen MR) is 67.3 cm³/mol. The van der Waals surface area contributed by atoms with E-state index in [1.807, 2.05) is 13.8 Å². The normalized spacial score (nSPS) is 12.0. The maximum Gasteiger partial charge on any atom is 0.176 e. The Bertz CT molecular complexity index is 491. The van der Waals surface area contributed by atoms with E-state index in [1.54, 1.807) is 0 Å². The Morgan fingerprint density at radius 3 is 2.59 bits per heavy atom. The second-order valence-electron chi connectivity index (χ2n) is 4.30. The van der Waals surface area contributed by atoms with Crippen LogP contribution in [0.4, 0.5) is 0 Å². The zero-order valence-corrected chi connectivity index (χ0v) is 11.8. The molecule has 1 rings (SSSR count). The van der Waals surface area contributed by atoms with Crippen molar-refractivity contribution in [2.75, 3.05) is 12.0 Å². The van der Waals surface area contributed by atoms with Gasteiger partial charge in [0.15, 0.2) is 5.78 Å². The Labute approximate surface area is 105 Å². The summed E-state index contributed by atoms with van der Waals surface area (Å²) in [6.45, 7) is 3.90. The molecule has 0 spiro atoms. The van der Waals surface area contributed by atoms with Gasteiger partial charge in [-0.05, 0) is 23.9 Å². The lowest BCUT2D eigenvalue weighted by Crippen LogP contribution is -2.07. The van der Waals surface area contributed by atoms with Gasteiger partial charge in [-0.15, -0.1) is 5.10 Å². The molecule has 1 heterocycles. The van der Waals surface area contributed by atoms with Crippen molar-refractivity contribution in [2.45, 2.75) is 32.6 Å². The highest BCUT2D eigenvalue weighted by molar-refractivity contribution is 7.90. The molecule has 17 heavy (non-hydrogen) atoms. The van der Waals surface area contributed by atoms with Crippen molar-refractivity contribution in [3.63, 3.8) is 0 Å². The van der Waals surface area contributed by atoms with Gasteiger partial charge in [0.25, 0.3) is 0 Å². The highest BCUT2D eigenvalue weighted by atomic mass is 32.2. The summed E-state index contributed by atoms with van der Waals surface area (Å²) >= 11 is 1.08. The van der Waals surface area contributed by atoms with Gasteiger partial charge in [0.1, 0.15) is 14.7 Å². The van der Waals surface area contributed by atoms with Gasteiger partial charge in [-0.2, -0.15) is 0 Å². The first kappa shape index (κ1) is 14.2. The summed E-state index contributed by atoms with van der Waals surface area (Å²) in [4.78, 5) is 12.4. The van der Waals surface area contributed by atoms with Crippen LogP contribution in [0.1, 0.15) is 48.0 Å².